The van der Waals surface area contributed by atoms with Crippen molar-refractivity contribution in [1.29, 1.82) is 0 Å². The number of hydrogen-bond donors (Lipinski definition) is 1. The molecule has 162 valence electrons. The molecule has 4 aliphatic carbocycles. The normalized spacial score (nSPS) is 44.9. The van der Waals surface area contributed by atoms with Gasteiger partial charge in [-0.15, -0.1) is 0 Å². The molecule has 4 heteroatoms. The number of methoxy groups -OCH3 is 1. The van der Waals surface area contributed by atoms with E-state index in [0.717, 1.165) is 44.9 Å². The highest BCUT2D eigenvalue weighted by Gasteiger charge is 2.60. The summed E-state index contributed by atoms with van der Waals surface area (Å²) in [5.74, 6) is 2.34. The first kappa shape index (κ1) is 21.1. The van der Waals surface area contributed by atoms with Gasteiger partial charge in [0.25, 0.3) is 0 Å². The van der Waals surface area contributed by atoms with Crippen molar-refractivity contribution in [3.8, 4) is 0 Å². The number of carbonyl (C=O) groups is 2. The molecule has 4 rings (SSSR count). The third-order valence-corrected chi connectivity index (χ3v) is 9.69. The van der Waals surface area contributed by atoms with E-state index in [1.165, 1.54) is 19.1 Å². The number of rotatable bonds is 4. The number of aliphatic hydroxyl groups excluding tert-OH is 1. The van der Waals surface area contributed by atoms with E-state index in [1.807, 2.05) is 0 Å². The molecular weight excluding hydrogens is 364 g/mol. The predicted octanol–water partition coefficient (Wildman–Crippen LogP) is 4.69. The Morgan fingerprint density at radius 2 is 2.00 bits per heavy atom. The molecule has 0 spiro atoms. The zero-order valence-corrected chi connectivity index (χ0v) is 18.6. The molecular formula is C25H38O4. The summed E-state index contributed by atoms with van der Waals surface area (Å²) in [6, 6.07) is 0. The van der Waals surface area contributed by atoms with E-state index < -0.39 is 0 Å². The van der Waals surface area contributed by atoms with Gasteiger partial charge < -0.3 is 9.84 Å². The largest absolute Gasteiger partial charge is 0.469 e. The third kappa shape index (κ3) is 3.21. The molecule has 0 amide bonds. The van der Waals surface area contributed by atoms with Crippen LogP contribution in [0.1, 0.15) is 78.6 Å². The molecule has 3 saturated carbocycles. The number of carbonyl (C=O) groups excluding carboxylic acids is 2. The SMILES string of the molecule is COC(=O)CC[C@@H](C)C1CCC2C3CC[C@H]4C[C@@H](O)CC[C@]4(C)C3=CC(=O)[C@@]21C. The fourth-order valence-electron chi connectivity index (χ4n) is 7.88. The van der Waals surface area contributed by atoms with E-state index >= 15 is 0 Å². The van der Waals surface area contributed by atoms with Gasteiger partial charge in [-0.3, -0.25) is 9.59 Å². The van der Waals surface area contributed by atoms with Crippen LogP contribution in [-0.2, 0) is 14.3 Å². The highest BCUT2D eigenvalue weighted by atomic mass is 16.5. The minimum absolute atomic E-state index is 0.0910. The summed E-state index contributed by atoms with van der Waals surface area (Å²) in [5.41, 5.74) is 1.21. The van der Waals surface area contributed by atoms with Gasteiger partial charge in [0.2, 0.25) is 0 Å². The highest BCUT2D eigenvalue weighted by Crippen LogP contribution is 2.65. The number of hydrogen-bond acceptors (Lipinski definition) is 4. The van der Waals surface area contributed by atoms with Crippen molar-refractivity contribution >= 4 is 11.8 Å². The van der Waals surface area contributed by atoms with E-state index in [9.17, 15) is 14.7 Å². The Hall–Kier alpha value is -1.16. The monoisotopic (exact) mass is 402 g/mol. The first-order valence-corrected chi connectivity index (χ1v) is 11.7. The molecule has 0 aromatic carbocycles. The van der Waals surface area contributed by atoms with Crippen LogP contribution in [0, 0.1) is 40.4 Å². The maximum atomic E-state index is 13.6. The number of ether oxygens (including phenoxy) is 1. The van der Waals surface area contributed by atoms with Crippen molar-refractivity contribution in [2.45, 2.75) is 84.7 Å². The molecule has 0 saturated heterocycles. The summed E-state index contributed by atoms with van der Waals surface area (Å²) in [5, 5.41) is 10.2. The summed E-state index contributed by atoms with van der Waals surface area (Å²) >= 11 is 0. The van der Waals surface area contributed by atoms with E-state index in [4.69, 9.17) is 4.74 Å². The minimum Gasteiger partial charge on any atom is -0.469 e. The smallest absolute Gasteiger partial charge is 0.305 e. The molecule has 0 aromatic rings. The molecule has 0 heterocycles. The first-order valence-electron chi connectivity index (χ1n) is 11.7. The van der Waals surface area contributed by atoms with Gasteiger partial charge in [0.05, 0.1) is 13.2 Å². The van der Waals surface area contributed by atoms with Gasteiger partial charge in [-0.1, -0.05) is 26.3 Å². The zero-order valence-electron chi connectivity index (χ0n) is 18.6. The standard InChI is InChI=1S/C25H38O4/c1-15(5-10-23(28)29-4)19-8-9-20-18-7-6-16-13-17(26)11-12-24(16,2)21(18)14-22(27)25(19,20)3/h14-20,26H,5-13H2,1-4H3/t15-,16+,17+,18?,19?,20?,24+,25-/m1/s1. The van der Waals surface area contributed by atoms with Crippen molar-refractivity contribution in [2.24, 2.45) is 40.4 Å². The summed E-state index contributed by atoms with van der Waals surface area (Å²) in [6.45, 7) is 6.80. The molecule has 4 nitrogen and oxygen atoms in total. The van der Waals surface area contributed by atoms with Crippen LogP contribution in [0.25, 0.3) is 0 Å². The van der Waals surface area contributed by atoms with Gasteiger partial charge in [-0.05, 0) is 92.4 Å². The van der Waals surface area contributed by atoms with E-state index in [2.05, 4.69) is 26.8 Å². The number of allylic oxidation sites excluding steroid dienone is 2. The number of fused-ring (bicyclic) bond motifs is 5. The van der Waals surface area contributed by atoms with Crippen LogP contribution < -0.4 is 0 Å². The Balaban J connectivity index is 1.60. The van der Waals surface area contributed by atoms with Gasteiger partial charge >= 0.3 is 5.97 Å². The van der Waals surface area contributed by atoms with Crippen LogP contribution in [0.3, 0.4) is 0 Å². The van der Waals surface area contributed by atoms with Gasteiger partial charge in [0.15, 0.2) is 5.78 Å². The molecule has 0 radical (unpaired) electrons. The second kappa shape index (κ2) is 7.51. The quantitative estimate of drug-likeness (QED) is 0.693. The summed E-state index contributed by atoms with van der Waals surface area (Å²) < 4.78 is 4.82. The molecule has 3 unspecified atom stereocenters. The molecule has 4 aliphatic rings. The van der Waals surface area contributed by atoms with Crippen molar-refractivity contribution in [2.75, 3.05) is 7.11 Å². The minimum atomic E-state index is -0.291. The Bertz CT molecular complexity index is 712. The third-order valence-electron chi connectivity index (χ3n) is 9.69. The zero-order chi connectivity index (χ0) is 21.0. The van der Waals surface area contributed by atoms with Crippen molar-refractivity contribution in [1.82, 2.24) is 0 Å². The number of aliphatic hydroxyl groups is 1. The molecule has 3 fully saturated rings. The molecule has 0 bridgehead atoms. The first-order chi connectivity index (χ1) is 13.7. The molecule has 8 atom stereocenters. The van der Waals surface area contributed by atoms with Crippen LogP contribution in [-0.4, -0.2) is 30.1 Å². The second-order valence-corrected chi connectivity index (χ2v) is 10.9. The summed E-state index contributed by atoms with van der Waals surface area (Å²) in [6.07, 6.45) is 10.4. The topological polar surface area (TPSA) is 63.6 Å². The average molecular weight is 403 g/mol. The maximum Gasteiger partial charge on any atom is 0.305 e. The van der Waals surface area contributed by atoms with Gasteiger partial charge in [0, 0.05) is 11.8 Å². The maximum absolute atomic E-state index is 13.6. The predicted molar refractivity (Wildman–Crippen MR) is 112 cm³/mol. The Morgan fingerprint density at radius 1 is 1.24 bits per heavy atom. The van der Waals surface area contributed by atoms with E-state index in [-0.39, 0.29) is 22.9 Å². The van der Waals surface area contributed by atoms with Crippen LogP contribution in [0.2, 0.25) is 0 Å². The molecule has 1 N–H and O–H groups in total. The Morgan fingerprint density at radius 3 is 2.72 bits per heavy atom. The molecule has 0 aliphatic heterocycles. The lowest BCUT2D eigenvalue weighted by Crippen LogP contribution is -2.52. The Kier molecular flexibility index (Phi) is 5.46. The van der Waals surface area contributed by atoms with E-state index in [1.54, 1.807) is 0 Å². The highest BCUT2D eigenvalue weighted by molar-refractivity contribution is 5.97. The lowest BCUT2D eigenvalue weighted by molar-refractivity contribution is -0.141. The van der Waals surface area contributed by atoms with Crippen LogP contribution >= 0.6 is 0 Å². The van der Waals surface area contributed by atoms with Gasteiger partial charge in [-0.25, -0.2) is 0 Å². The van der Waals surface area contributed by atoms with Crippen LogP contribution in [0.5, 0.6) is 0 Å². The fraction of sp³-hybridized carbons (Fsp3) is 0.840. The lowest BCUT2D eigenvalue weighted by atomic mass is 9.48. The van der Waals surface area contributed by atoms with Gasteiger partial charge in [-0.2, -0.15) is 0 Å². The summed E-state index contributed by atoms with van der Waals surface area (Å²) in [4.78, 5) is 25.2. The number of esters is 1. The van der Waals surface area contributed by atoms with Crippen molar-refractivity contribution < 1.29 is 19.4 Å². The fourth-order valence-corrected chi connectivity index (χ4v) is 7.88. The van der Waals surface area contributed by atoms with E-state index in [0.29, 0.717) is 41.8 Å². The Labute approximate surface area is 175 Å². The lowest BCUT2D eigenvalue weighted by Gasteiger charge is -2.56. The second-order valence-electron chi connectivity index (χ2n) is 10.9. The van der Waals surface area contributed by atoms with Gasteiger partial charge in [0.1, 0.15) is 0 Å². The van der Waals surface area contributed by atoms with Crippen molar-refractivity contribution in [3.63, 3.8) is 0 Å². The molecule has 0 aromatic heterocycles. The van der Waals surface area contributed by atoms with Crippen LogP contribution in [0.15, 0.2) is 11.6 Å². The summed E-state index contributed by atoms with van der Waals surface area (Å²) in [7, 11) is 1.44. The molecule has 29 heavy (non-hydrogen) atoms. The average Bonchev–Trinajstić information content (AvgIpc) is 3.06. The van der Waals surface area contributed by atoms with Crippen LogP contribution in [0.4, 0.5) is 0 Å². The number of ketones is 1. The van der Waals surface area contributed by atoms with Crippen molar-refractivity contribution in [3.05, 3.63) is 11.6 Å².